The standard InChI is InChI=1S/C11H21NO/c1-6-10(13)11(5,7-2)12(8-3)9-4/h6H,1,7-9H2,2-5H3. The Hall–Kier alpha value is -0.630. The first kappa shape index (κ1) is 12.4. The number of carbonyl (C=O) groups excluding carboxylic acids is 1. The second-order valence-electron chi connectivity index (χ2n) is 3.37. The lowest BCUT2D eigenvalue weighted by Gasteiger charge is -2.37. The Labute approximate surface area is 81.6 Å². The van der Waals surface area contributed by atoms with Crippen LogP contribution in [0.2, 0.25) is 0 Å². The van der Waals surface area contributed by atoms with E-state index in [1.807, 2.05) is 13.8 Å². The van der Waals surface area contributed by atoms with Crippen molar-refractivity contribution in [3.8, 4) is 0 Å². The van der Waals surface area contributed by atoms with Gasteiger partial charge in [0.15, 0.2) is 5.78 Å². The Morgan fingerprint density at radius 2 is 1.85 bits per heavy atom. The van der Waals surface area contributed by atoms with Gasteiger partial charge in [0.1, 0.15) is 0 Å². The number of ketones is 1. The van der Waals surface area contributed by atoms with Gasteiger partial charge in [-0.15, -0.1) is 0 Å². The Kier molecular flexibility index (Phi) is 4.92. The van der Waals surface area contributed by atoms with Gasteiger partial charge in [0.05, 0.1) is 5.54 Å². The minimum absolute atomic E-state index is 0.124. The molecule has 0 bridgehead atoms. The zero-order valence-corrected chi connectivity index (χ0v) is 9.26. The fourth-order valence-corrected chi connectivity index (χ4v) is 1.70. The Balaban J connectivity index is 4.78. The van der Waals surface area contributed by atoms with Crippen LogP contribution >= 0.6 is 0 Å². The van der Waals surface area contributed by atoms with E-state index in [1.54, 1.807) is 0 Å². The van der Waals surface area contributed by atoms with Crippen LogP contribution in [0.1, 0.15) is 34.1 Å². The summed E-state index contributed by atoms with van der Waals surface area (Å²) in [4.78, 5) is 13.8. The molecule has 0 saturated carbocycles. The van der Waals surface area contributed by atoms with Gasteiger partial charge in [0.25, 0.3) is 0 Å². The number of likely N-dealkylation sites (N-methyl/N-ethyl adjacent to an activating group) is 1. The lowest BCUT2D eigenvalue weighted by atomic mass is 9.91. The fraction of sp³-hybridized carbons (Fsp3) is 0.727. The second kappa shape index (κ2) is 5.18. The van der Waals surface area contributed by atoms with Crippen molar-refractivity contribution < 1.29 is 4.79 Å². The molecule has 76 valence electrons. The summed E-state index contributed by atoms with van der Waals surface area (Å²) in [7, 11) is 0. The molecule has 0 spiro atoms. The van der Waals surface area contributed by atoms with Gasteiger partial charge in [0.2, 0.25) is 0 Å². The molecule has 1 unspecified atom stereocenters. The van der Waals surface area contributed by atoms with Crippen LogP contribution in [0, 0.1) is 0 Å². The molecule has 13 heavy (non-hydrogen) atoms. The molecular formula is C11H21NO. The smallest absolute Gasteiger partial charge is 0.175 e. The first-order chi connectivity index (χ1) is 6.06. The molecule has 0 aromatic heterocycles. The van der Waals surface area contributed by atoms with Crippen LogP contribution in [0.5, 0.6) is 0 Å². The number of hydrogen-bond donors (Lipinski definition) is 0. The summed E-state index contributed by atoms with van der Waals surface area (Å²) < 4.78 is 0. The summed E-state index contributed by atoms with van der Waals surface area (Å²) in [5.74, 6) is 0.124. The molecule has 0 rings (SSSR count). The molecule has 0 saturated heterocycles. The van der Waals surface area contributed by atoms with Gasteiger partial charge in [-0.05, 0) is 32.5 Å². The molecule has 0 fully saturated rings. The van der Waals surface area contributed by atoms with E-state index in [9.17, 15) is 4.79 Å². The molecule has 0 aliphatic carbocycles. The summed E-state index contributed by atoms with van der Waals surface area (Å²) >= 11 is 0. The molecule has 0 radical (unpaired) electrons. The largest absolute Gasteiger partial charge is 0.293 e. The SMILES string of the molecule is C=CC(=O)C(C)(CC)N(CC)CC. The number of carbonyl (C=O) groups is 1. The second-order valence-corrected chi connectivity index (χ2v) is 3.37. The molecule has 0 aromatic carbocycles. The van der Waals surface area contributed by atoms with Crippen LogP contribution in [-0.4, -0.2) is 29.3 Å². The van der Waals surface area contributed by atoms with Crippen LogP contribution in [0.25, 0.3) is 0 Å². The van der Waals surface area contributed by atoms with E-state index in [1.165, 1.54) is 6.08 Å². The van der Waals surface area contributed by atoms with Crippen LogP contribution in [0.15, 0.2) is 12.7 Å². The van der Waals surface area contributed by atoms with E-state index in [0.717, 1.165) is 19.5 Å². The van der Waals surface area contributed by atoms with Crippen molar-refractivity contribution >= 4 is 5.78 Å². The average Bonchev–Trinajstić information content (AvgIpc) is 2.17. The lowest BCUT2D eigenvalue weighted by Crippen LogP contribution is -2.51. The molecule has 0 heterocycles. The first-order valence-electron chi connectivity index (χ1n) is 4.98. The highest BCUT2D eigenvalue weighted by molar-refractivity contribution is 5.97. The number of hydrogen-bond acceptors (Lipinski definition) is 2. The molecule has 0 aliphatic rings. The molecule has 0 aliphatic heterocycles. The Morgan fingerprint density at radius 1 is 1.38 bits per heavy atom. The topological polar surface area (TPSA) is 20.3 Å². The van der Waals surface area contributed by atoms with Crippen molar-refractivity contribution in [1.82, 2.24) is 4.90 Å². The van der Waals surface area contributed by atoms with Crippen molar-refractivity contribution in [3.63, 3.8) is 0 Å². The minimum atomic E-state index is -0.356. The van der Waals surface area contributed by atoms with Gasteiger partial charge >= 0.3 is 0 Å². The lowest BCUT2D eigenvalue weighted by molar-refractivity contribution is -0.125. The third kappa shape index (κ3) is 2.41. The maximum atomic E-state index is 11.7. The van der Waals surface area contributed by atoms with Gasteiger partial charge in [-0.1, -0.05) is 27.4 Å². The number of rotatable bonds is 6. The molecule has 2 heteroatoms. The van der Waals surface area contributed by atoms with E-state index in [-0.39, 0.29) is 11.3 Å². The summed E-state index contributed by atoms with van der Waals surface area (Å²) in [6, 6.07) is 0. The van der Waals surface area contributed by atoms with Gasteiger partial charge in [-0.3, -0.25) is 9.69 Å². The van der Waals surface area contributed by atoms with Gasteiger partial charge < -0.3 is 0 Å². The number of nitrogens with zero attached hydrogens (tertiary/aromatic N) is 1. The van der Waals surface area contributed by atoms with E-state index in [2.05, 4.69) is 25.3 Å². The van der Waals surface area contributed by atoms with Crippen molar-refractivity contribution in [3.05, 3.63) is 12.7 Å². The van der Waals surface area contributed by atoms with Crippen molar-refractivity contribution in [2.75, 3.05) is 13.1 Å². The summed E-state index contributed by atoms with van der Waals surface area (Å²) in [5.41, 5.74) is -0.356. The molecule has 0 aromatic rings. The summed E-state index contributed by atoms with van der Waals surface area (Å²) in [6.07, 6.45) is 2.27. The van der Waals surface area contributed by atoms with Crippen LogP contribution in [0.3, 0.4) is 0 Å². The molecule has 0 amide bonds. The molecule has 1 atom stereocenters. The van der Waals surface area contributed by atoms with Gasteiger partial charge in [-0.2, -0.15) is 0 Å². The quantitative estimate of drug-likeness (QED) is 0.589. The van der Waals surface area contributed by atoms with Crippen LogP contribution in [-0.2, 0) is 4.79 Å². The van der Waals surface area contributed by atoms with Crippen molar-refractivity contribution in [1.29, 1.82) is 0 Å². The summed E-state index contributed by atoms with van der Waals surface area (Å²) in [6.45, 7) is 13.5. The van der Waals surface area contributed by atoms with Crippen LogP contribution < -0.4 is 0 Å². The average molecular weight is 183 g/mol. The van der Waals surface area contributed by atoms with E-state index in [4.69, 9.17) is 0 Å². The van der Waals surface area contributed by atoms with Crippen molar-refractivity contribution in [2.24, 2.45) is 0 Å². The highest BCUT2D eigenvalue weighted by Gasteiger charge is 2.33. The van der Waals surface area contributed by atoms with Gasteiger partial charge in [0, 0.05) is 0 Å². The first-order valence-corrected chi connectivity index (χ1v) is 4.98. The van der Waals surface area contributed by atoms with E-state index >= 15 is 0 Å². The highest BCUT2D eigenvalue weighted by Crippen LogP contribution is 2.20. The third-order valence-electron chi connectivity index (χ3n) is 2.87. The Morgan fingerprint density at radius 3 is 2.08 bits per heavy atom. The van der Waals surface area contributed by atoms with E-state index < -0.39 is 0 Å². The minimum Gasteiger partial charge on any atom is -0.293 e. The predicted octanol–water partition coefficient (Wildman–Crippen LogP) is 2.25. The third-order valence-corrected chi connectivity index (χ3v) is 2.87. The molecular weight excluding hydrogens is 162 g/mol. The normalized spacial score (nSPS) is 15.5. The zero-order valence-electron chi connectivity index (χ0n) is 9.26. The maximum absolute atomic E-state index is 11.7. The predicted molar refractivity (Wildman–Crippen MR) is 56.8 cm³/mol. The van der Waals surface area contributed by atoms with Crippen molar-refractivity contribution in [2.45, 2.75) is 39.7 Å². The van der Waals surface area contributed by atoms with Gasteiger partial charge in [-0.25, -0.2) is 0 Å². The highest BCUT2D eigenvalue weighted by atomic mass is 16.1. The molecule has 0 N–H and O–H groups in total. The fourth-order valence-electron chi connectivity index (χ4n) is 1.70. The zero-order chi connectivity index (χ0) is 10.5. The van der Waals surface area contributed by atoms with E-state index in [0.29, 0.717) is 0 Å². The maximum Gasteiger partial charge on any atom is 0.175 e. The Bertz CT molecular complexity index is 185. The monoisotopic (exact) mass is 183 g/mol. The van der Waals surface area contributed by atoms with Crippen LogP contribution in [0.4, 0.5) is 0 Å². The molecule has 2 nitrogen and oxygen atoms in total. The summed E-state index contributed by atoms with van der Waals surface area (Å²) in [5, 5.41) is 0.